The number of carboxylic acids is 1. The highest BCUT2D eigenvalue weighted by atomic mass is 32.2. The molecule has 0 aliphatic rings. The highest BCUT2D eigenvalue weighted by Gasteiger charge is 2.15. The predicted molar refractivity (Wildman–Crippen MR) is 66.2 cm³/mol. The van der Waals surface area contributed by atoms with E-state index in [2.05, 4.69) is 6.07 Å². The fourth-order valence-corrected chi connectivity index (χ4v) is 2.08. The van der Waals surface area contributed by atoms with Gasteiger partial charge < -0.3 is 10.8 Å². The Balaban J connectivity index is 3.42. The molecule has 0 fully saturated rings. The zero-order valence-electron chi connectivity index (χ0n) is 9.90. The first kappa shape index (κ1) is 15.3. The number of nitrogens with zero attached hydrogens (tertiary/aromatic N) is 1. The first-order valence-corrected chi connectivity index (χ1v) is 6.52. The molecule has 0 radical (unpaired) electrons. The molecule has 92 valence electrons. The van der Waals surface area contributed by atoms with Gasteiger partial charge in [0.1, 0.15) is 6.04 Å². The highest BCUT2D eigenvalue weighted by molar-refractivity contribution is 7.99. The summed E-state index contributed by atoms with van der Waals surface area (Å²) in [6.07, 6.45) is 2.88. The van der Waals surface area contributed by atoms with Crippen LogP contribution in [0.2, 0.25) is 0 Å². The third-order valence-corrected chi connectivity index (χ3v) is 3.43. The SMILES string of the molecule is CC(C)(C#N)CCCCSC[C@@H](N)C(=O)O. The lowest BCUT2D eigenvalue weighted by Crippen LogP contribution is -2.32. The minimum atomic E-state index is -0.946. The number of carbonyl (C=O) groups is 1. The van der Waals surface area contributed by atoms with Gasteiger partial charge in [-0.1, -0.05) is 6.42 Å². The van der Waals surface area contributed by atoms with Crippen molar-refractivity contribution in [3.05, 3.63) is 0 Å². The second-order valence-electron chi connectivity index (χ2n) is 4.47. The van der Waals surface area contributed by atoms with Gasteiger partial charge >= 0.3 is 5.97 Å². The average molecular weight is 244 g/mol. The van der Waals surface area contributed by atoms with Gasteiger partial charge in [0, 0.05) is 5.75 Å². The molecule has 0 aromatic carbocycles. The van der Waals surface area contributed by atoms with Crippen molar-refractivity contribution in [3.8, 4) is 6.07 Å². The molecule has 0 rings (SSSR count). The van der Waals surface area contributed by atoms with Gasteiger partial charge in [0.05, 0.1) is 11.5 Å². The van der Waals surface area contributed by atoms with Gasteiger partial charge in [-0.05, 0) is 32.4 Å². The molecule has 0 heterocycles. The van der Waals surface area contributed by atoms with Crippen molar-refractivity contribution < 1.29 is 9.90 Å². The first-order valence-electron chi connectivity index (χ1n) is 5.36. The van der Waals surface area contributed by atoms with Crippen LogP contribution in [0.4, 0.5) is 0 Å². The van der Waals surface area contributed by atoms with Gasteiger partial charge in [0.2, 0.25) is 0 Å². The van der Waals surface area contributed by atoms with E-state index >= 15 is 0 Å². The molecule has 0 aromatic rings. The maximum atomic E-state index is 10.4. The zero-order chi connectivity index (χ0) is 12.6. The van der Waals surface area contributed by atoms with E-state index in [1.54, 1.807) is 11.8 Å². The van der Waals surface area contributed by atoms with E-state index in [1.165, 1.54) is 0 Å². The summed E-state index contributed by atoms with van der Waals surface area (Å²) in [6.45, 7) is 3.86. The van der Waals surface area contributed by atoms with Crippen LogP contribution in [0, 0.1) is 16.7 Å². The summed E-state index contributed by atoms with van der Waals surface area (Å²) in [5.74, 6) is 0.414. The van der Waals surface area contributed by atoms with Crippen LogP contribution in [-0.2, 0) is 4.79 Å². The van der Waals surface area contributed by atoms with Crippen LogP contribution in [0.15, 0.2) is 0 Å². The van der Waals surface area contributed by atoms with Gasteiger partial charge in [0.15, 0.2) is 0 Å². The molecule has 0 saturated heterocycles. The number of rotatable bonds is 8. The topological polar surface area (TPSA) is 87.1 Å². The molecule has 4 nitrogen and oxygen atoms in total. The molecule has 1 atom stereocenters. The molecule has 0 amide bonds. The summed E-state index contributed by atoms with van der Waals surface area (Å²) in [4.78, 5) is 10.4. The number of nitriles is 1. The lowest BCUT2D eigenvalue weighted by atomic mass is 9.89. The summed E-state index contributed by atoms with van der Waals surface area (Å²) >= 11 is 1.56. The maximum absolute atomic E-state index is 10.4. The van der Waals surface area contributed by atoms with Crippen molar-refractivity contribution in [3.63, 3.8) is 0 Å². The fourth-order valence-electron chi connectivity index (χ4n) is 1.11. The smallest absolute Gasteiger partial charge is 0.321 e. The van der Waals surface area contributed by atoms with Gasteiger partial charge in [-0.2, -0.15) is 17.0 Å². The fraction of sp³-hybridized carbons (Fsp3) is 0.818. The Bertz CT molecular complexity index is 261. The lowest BCUT2D eigenvalue weighted by Gasteiger charge is -2.14. The van der Waals surface area contributed by atoms with E-state index in [4.69, 9.17) is 16.1 Å². The van der Waals surface area contributed by atoms with Crippen LogP contribution < -0.4 is 5.73 Å². The minimum Gasteiger partial charge on any atom is -0.480 e. The van der Waals surface area contributed by atoms with E-state index in [-0.39, 0.29) is 5.41 Å². The van der Waals surface area contributed by atoms with Crippen LogP contribution in [0.1, 0.15) is 33.1 Å². The summed E-state index contributed by atoms with van der Waals surface area (Å²) < 4.78 is 0. The van der Waals surface area contributed by atoms with Crippen LogP contribution >= 0.6 is 11.8 Å². The van der Waals surface area contributed by atoms with Crippen molar-refractivity contribution in [2.45, 2.75) is 39.2 Å². The largest absolute Gasteiger partial charge is 0.480 e. The summed E-state index contributed by atoms with van der Waals surface area (Å²) in [7, 11) is 0. The second-order valence-corrected chi connectivity index (χ2v) is 5.62. The van der Waals surface area contributed by atoms with Gasteiger partial charge in [-0.3, -0.25) is 4.79 Å². The Morgan fingerprint density at radius 1 is 1.56 bits per heavy atom. The van der Waals surface area contributed by atoms with E-state index in [1.807, 2.05) is 13.8 Å². The van der Waals surface area contributed by atoms with Crippen LogP contribution in [0.25, 0.3) is 0 Å². The number of aliphatic carboxylic acids is 1. The number of hydrogen-bond donors (Lipinski definition) is 2. The zero-order valence-corrected chi connectivity index (χ0v) is 10.7. The summed E-state index contributed by atoms with van der Waals surface area (Å²) in [5, 5.41) is 17.3. The molecule has 0 unspecified atom stereocenters. The summed E-state index contributed by atoms with van der Waals surface area (Å²) in [5.41, 5.74) is 5.11. The number of hydrogen-bond acceptors (Lipinski definition) is 4. The van der Waals surface area contributed by atoms with Crippen molar-refractivity contribution in [1.82, 2.24) is 0 Å². The second kappa shape index (κ2) is 7.53. The third-order valence-electron chi connectivity index (χ3n) is 2.26. The Morgan fingerprint density at radius 2 is 2.19 bits per heavy atom. The molecular weight excluding hydrogens is 224 g/mol. The van der Waals surface area contributed by atoms with Crippen LogP contribution in [0.3, 0.4) is 0 Å². The number of thioether (sulfide) groups is 1. The number of nitrogens with two attached hydrogens (primary N) is 1. The Morgan fingerprint density at radius 3 is 2.69 bits per heavy atom. The first-order chi connectivity index (χ1) is 7.39. The molecule has 0 aromatic heterocycles. The standard InChI is InChI=1S/C11H20N2O2S/c1-11(2,8-12)5-3-4-6-16-7-9(13)10(14)15/h9H,3-7,13H2,1-2H3,(H,14,15)/t9-/m1/s1. The third kappa shape index (κ3) is 7.55. The lowest BCUT2D eigenvalue weighted by molar-refractivity contribution is -0.137. The Kier molecular flexibility index (Phi) is 7.18. The molecule has 0 spiro atoms. The van der Waals surface area contributed by atoms with Crippen molar-refractivity contribution in [2.24, 2.45) is 11.1 Å². The molecular formula is C11H20N2O2S. The van der Waals surface area contributed by atoms with Gasteiger partial charge in [0.25, 0.3) is 0 Å². The quantitative estimate of drug-likeness (QED) is 0.636. The van der Waals surface area contributed by atoms with E-state index in [0.29, 0.717) is 5.75 Å². The van der Waals surface area contributed by atoms with E-state index < -0.39 is 12.0 Å². The molecule has 0 aliphatic heterocycles. The Hall–Kier alpha value is -0.730. The summed E-state index contributed by atoms with van der Waals surface area (Å²) in [6, 6.07) is 1.50. The molecule has 0 aliphatic carbocycles. The van der Waals surface area contributed by atoms with E-state index in [9.17, 15) is 4.79 Å². The molecule has 5 heteroatoms. The van der Waals surface area contributed by atoms with Gasteiger partial charge in [-0.25, -0.2) is 0 Å². The van der Waals surface area contributed by atoms with E-state index in [0.717, 1.165) is 25.0 Å². The minimum absolute atomic E-state index is 0.248. The van der Waals surface area contributed by atoms with Crippen molar-refractivity contribution in [1.29, 1.82) is 5.26 Å². The number of unbranched alkanes of at least 4 members (excludes halogenated alkanes) is 1. The molecule has 0 saturated carbocycles. The Labute approximate surface area is 101 Å². The molecule has 3 N–H and O–H groups in total. The predicted octanol–water partition coefficient (Wildman–Crippen LogP) is 1.85. The monoisotopic (exact) mass is 244 g/mol. The van der Waals surface area contributed by atoms with Crippen molar-refractivity contribution in [2.75, 3.05) is 11.5 Å². The molecule has 16 heavy (non-hydrogen) atoms. The van der Waals surface area contributed by atoms with Gasteiger partial charge in [-0.15, -0.1) is 0 Å². The van der Waals surface area contributed by atoms with Crippen LogP contribution in [0.5, 0.6) is 0 Å². The highest BCUT2D eigenvalue weighted by Crippen LogP contribution is 2.22. The maximum Gasteiger partial charge on any atom is 0.321 e. The normalized spacial score (nSPS) is 13.1. The average Bonchev–Trinajstić information content (AvgIpc) is 2.22. The van der Waals surface area contributed by atoms with Crippen LogP contribution in [-0.4, -0.2) is 28.6 Å². The molecule has 0 bridgehead atoms. The number of carboxylic acid groups (broad SMARTS) is 1. The van der Waals surface area contributed by atoms with Crippen molar-refractivity contribution >= 4 is 17.7 Å².